The highest BCUT2D eigenvalue weighted by Gasteiger charge is 2.14. The van der Waals surface area contributed by atoms with E-state index in [4.69, 9.17) is 26.9 Å². The van der Waals surface area contributed by atoms with E-state index in [9.17, 15) is 14.9 Å². The Morgan fingerprint density at radius 1 is 1.07 bits per heavy atom. The number of pyridine rings is 1. The number of H-pyrrole nitrogens is 1. The predicted molar refractivity (Wildman–Crippen MR) is 171 cm³/mol. The molecule has 0 amide bonds. The van der Waals surface area contributed by atoms with Gasteiger partial charge >= 0.3 is 0 Å². The molecule has 222 valence electrons. The van der Waals surface area contributed by atoms with Gasteiger partial charge < -0.3 is 19.5 Å². The van der Waals surface area contributed by atoms with Gasteiger partial charge in [-0.2, -0.15) is 5.26 Å². The molecular formula is C32H27ClN6O4S. The summed E-state index contributed by atoms with van der Waals surface area (Å²) in [6.07, 6.45) is 2.27. The first-order valence-corrected chi connectivity index (χ1v) is 14.4. The number of aldehydes is 1. The number of nitriles is 1. The highest BCUT2D eigenvalue weighted by Crippen LogP contribution is 2.27. The molecule has 0 saturated carbocycles. The predicted octanol–water partition coefficient (Wildman–Crippen LogP) is 6.26. The van der Waals surface area contributed by atoms with E-state index < -0.39 is 5.56 Å². The van der Waals surface area contributed by atoms with Crippen molar-refractivity contribution < 1.29 is 14.3 Å². The normalized spacial score (nSPS) is 10.2. The summed E-state index contributed by atoms with van der Waals surface area (Å²) >= 11 is 7.13. The lowest BCUT2D eigenvalue weighted by molar-refractivity contribution is 0.112. The summed E-state index contributed by atoms with van der Waals surface area (Å²) < 4.78 is 10.7. The molecule has 0 spiro atoms. The molecule has 12 heteroatoms. The van der Waals surface area contributed by atoms with Crippen molar-refractivity contribution in [1.82, 2.24) is 15.0 Å². The van der Waals surface area contributed by atoms with Gasteiger partial charge in [-0.05, 0) is 66.2 Å². The van der Waals surface area contributed by atoms with E-state index in [1.165, 1.54) is 16.8 Å². The number of methoxy groups -OCH3 is 1. The van der Waals surface area contributed by atoms with Crippen LogP contribution < -0.4 is 25.9 Å². The van der Waals surface area contributed by atoms with Gasteiger partial charge in [-0.15, -0.1) is 0 Å². The van der Waals surface area contributed by atoms with Gasteiger partial charge in [0.1, 0.15) is 23.1 Å². The van der Waals surface area contributed by atoms with Crippen molar-refractivity contribution >= 4 is 35.3 Å². The minimum Gasteiger partial charge on any atom is -0.497 e. The quantitative estimate of drug-likeness (QED) is 0.0631. The number of carbonyl (C=O) groups excluding carboxylic acids is 1. The molecule has 44 heavy (non-hydrogen) atoms. The second-order valence-electron chi connectivity index (χ2n) is 9.08. The van der Waals surface area contributed by atoms with Crippen molar-refractivity contribution in [3.05, 3.63) is 123 Å². The minimum absolute atomic E-state index is 0.0204. The third-order valence-electron chi connectivity index (χ3n) is 6.03. The van der Waals surface area contributed by atoms with Crippen molar-refractivity contribution in [3.8, 4) is 34.7 Å². The summed E-state index contributed by atoms with van der Waals surface area (Å²) in [6.45, 7) is 0. The van der Waals surface area contributed by atoms with E-state index in [-0.39, 0.29) is 5.56 Å². The molecule has 0 unspecified atom stereocenters. The van der Waals surface area contributed by atoms with Crippen LogP contribution in [0, 0.1) is 11.3 Å². The van der Waals surface area contributed by atoms with Crippen molar-refractivity contribution in [2.45, 2.75) is 10.9 Å². The average Bonchev–Trinajstić information content (AvgIpc) is 3.05. The van der Waals surface area contributed by atoms with Gasteiger partial charge in [0, 0.05) is 29.6 Å². The van der Waals surface area contributed by atoms with Crippen LogP contribution in [-0.2, 0) is 5.75 Å². The number of nitrogens with one attached hydrogen (secondary N) is 1. The second kappa shape index (κ2) is 15.4. The monoisotopic (exact) mass is 626 g/mol. The smallest absolute Gasteiger partial charge is 0.270 e. The summed E-state index contributed by atoms with van der Waals surface area (Å²) in [7, 11) is 3.33. The molecule has 0 radical (unpaired) electrons. The maximum atomic E-state index is 12.4. The van der Waals surface area contributed by atoms with Crippen LogP contribution in [0.2, 0.25) is 5.02 Å². The van der Waals surface area contributed by atoms with Crippen LogP contribution in [-0.4, -0.2) is 35.4 Å². The van der Waals surface area contributed by atoms with Gasteiger partial charge in [0.25, 0.3) is 5.56 Å². The number of hydrogen-bond acceptors (Lipinski definition) is 10. The number of benzene rings is 3. The first-order valence-electron chi connectivity index (χ1n) is 13.0. The molecule has 10 nitrogen and oxygen atoms in total. The molecule has 0 aliphatic carbocycles. The molecule has 5 rings (SSSR count). The average molecular weight is 627 g/mol. The number of nitrogens with two attached hydrogens (primary N) is 1. The van der Waals surface area contributed by atoms with E-state index in [1.54, 1.807) is 81.0 Å². The zero-order valence-electron chi connectivity index (χ0n) is 23.7. The van der Waals surface area contributed by atoms with Crippen LogP contribution in [0.1, 0.15) is 21.5 Å². The van der Waals surface area contributed by atoms with Crippen LogP contribution in [0.5, 0.6) is 17.4 Å². The van der Waals surface area contributed by atoms with Crippen molar-refractivity contribution in [2.75, 3.05) is 19.2 Å². The molecule has 5 aromatic rings. The largest absolute Gasteiger partial charge is 0.497 e. The highest BCUT2D eigenvalue weighted by atomic mass is 35.5. The maximum Gasteiger partial charge on any atom is 0.270 e. The molecule has 3 aromatic carbocycles. The Morgan fingerprint density at radius 2 is 1.82 bits per heavy atom. The van der Waals surface area contributed by atoms with E-state index in [0.717, 1.165) is 11.3 Å². The van der Waals surface area contributed by atoms with Crippen LogP contribution in [0.15, 0.2) is 101 Å². The number of nitrogens with zero attached hydrogens (tertiary/aromatic N) is 4. The Hall–Kier alpha value is -5.15. The number of anilines is 1. The number of hydrazine groups is 1. The van der Waals surface area contributed by atoms with Gasteiger partial charge in [-0.3, -0.25) is 9.59 Å². The molecule has 0 aliphatic heterocycles. The molecule has 0 saturated heterocycles. The van der Waals surface area contributed by atoms with Crippen molar-refractivity contribution in [2.24, 2.45) is 5.84 Å². The molecule has 0 bridgehead atoms. The van der Waals surface area contributed by atoms with Crippen LogP contribution in [0.25, 0.3) is 11.3 Å². The fourth-order valence-corrected chi connectivity index (χ4v) is 4.72. The van der Waals surface area contributed by atoms with Gasteiger partial charge in [-0.25, -0.2) is 15.8 Å². The Bertz CT molecular complexity index is 1820. The summed E-state index contributed by atoms with van der Waals surface area (Å²) in [5, 5.41) is 12.0. The number of rotatable bonds is 9. The number of aromatic nitrogens is 3. The van der Waals surface area contributed by atoms with Crippen molar-refractivity contribution in [1.29, 1.82) is 5.26 Å². The molecule has 2 aromatic heterocycles. The van der Waals surface area contributed by atoms with Crippen molar-refractivity contribution in [3.63, 3.8) is 0 Å². The lowest BCUT2D eigenvalue weighted by atomic mass is 10.1. The Kier molecular flexibility index (Phi) is 11.1. The zero-order valence-corrected chi connectivity index (χ0v) is 25.3. The molecular weight excluding hydrogens is 600 g/mol. The first-order chi connectivity index (χ1) is 21.3. The maximum absolute atomic E-state index is 12.4. The second-order valence-corrected chi connectivity index (χ2v) is 10.5. The van der Waals surface area contributed by atoms with E-state index in [2.05, 4.69) is 15.0 Å². The number of carbonyl (C=O) groups is 1. The van der Waals surface area contributed by atoms with Crippen LogP contribution in [0.4, 0.5) is 5.69 Å². The Labute approximate surface area is 263 Å². The van der Waals surface area contributed by atoms with E-state index >= 15 is 0 Å². The standard InChI is InChI=1S/C20H19N5O2S.C12H8ClNO2/c1-25(22)15-8-6-13(7-9-15)12-28-20-23-18(17(11-21)19(26)24-20)14-4-3-5-16(10-14)27-2;13-10-3-5-11(6-4-10)16-12-9(8-15)2-1-7-14-12/h3-10H,12,22H2,1-2H3,(H,23,24,26);1-8H. The van der Waals surface area contributed by atoms with E-state index in [0.29, 0.717) is 56.4 Å². The fraction of sp³-hybridized carbons (Fsp3) is 0.0938. The number of ether oxygens (including phenoxy) is 2. The molecule has 0 aliphatic rings. The first kappa shape index (κ1) is 31.8. The van der Waals surface area contributed by atoms with Gasteiger partial charge in [0.15, 0.2) is 11.4 Å². The van der Waals surface area contributed by atoms with Crippen LogP contribution >= 0.6 is 23.4 Å². The minimum atomic E-state index is -0.460. The zero-order chi connectivity index (χ0) is 31.5. The Balaban J connectivity index is 0.000000233. The topological polar surface area (TPSA) is 147 Å². The summed E-state index contributed by atoms with van der Waals surface area (Å²) in [5.74, 6) is 7.83. The lowest BCUT2D eigenvalue weighted by Crippen LogP contribution is -2.24. The van der Waals surface area contributed by atoms with Crippen LogP contribution in [0.3, 0.4) is 0 Å². The molecule has 0 atom stereocenters. The summed E-state index contributed by atoms with van der Waals surface area (Å²) in [4.78, 5) is 34.3. The number of hydrogen-bond donors (Lipinski definition) is 2. The molecule has 2 heterocycles. The molecule has 0 fully saturated rings. The Morgan fingerprint density at radius 3 is 2.48 bits per heavy atom. The van der Waals surface area contributed by atoms with E-state index in [1.807, 2.05) is 30.3 Å². The summed E-state index contributed by atoms with van der Waals surface area (Å²) in [6, 6.07) is 27.0. The lowest BCUT2D eigenvalue weighted by Gasteiger charge is -2.12. The fourth-order valence-electron chi connectivity index (χ4n) is 3.78. The molecule has 3 N–H and O–H groups in total. The van der Waals surface area contributed by atoms with Gasteiger partial charge in [0.05, 0.1) is 24.1 Å². The van der Waals surface area contributed by atoms with Gasteiger partial charge in [-0.1, -0.05) is 47.6 Å². The third kappa shape index (κ3) is 8.45. The highest BCUT2D eigenvalue weighted by molar-refractivity contribution is 7.98. The number of aromatic amines is 1. The SMILES string of the molecule is COc1cccc(-c2nc(SCc3ccc(N(C)N)cc3)[nH]c(=O)c2C#N)c1.O=Cc1cccnc1Oc1ccc(Cl)cc1. The third-order valence-corrected chi connectivity index (χ3v) is 7.22. The number of thioether (sulfide) groups is 1. The van der Waals surface area contributed by atoms with Gasteiger partial charge in [0.2, 0.25) is 5.88 Å². The number of halogens is 1. The summed E-state index contributed by atoms with van der Waals surface area (Å²) in [5.41, 5.74) is 2.89.